The number of nitrogens with zero attached hydrogens (tertiary/aromatic N) is 1. The van der Waals surface area contributed by atoms with Crippen LogP contribution in [0.25, 0.3) is 0 Å². The average molecular weight is 242 g/mol. The van der Waals surface area contributed by atoms with Gasteiger partial charge in [0.25, 0.3) is 0 Å². The quantitative estimate of drug-likeness (QED) is 0.654. The number of carbonyl (C=O) groups is 1. The molecule has 17 heavy (non-hydrogen) atoms. The van der Waals surface area contributed by atoms with E-state index in [0.717, 1.165) is 39.2 Å². The van der Waals surface area contributed by atoms with E-state index in [1.807, 2.05) is 18.7 Å². The second-order valence-electron chi connectivity index (χ2n) is 4.49. The highest BCUT2D eigenvalue weighted by Crippen LogP contribution is 2.14. The van der Waals surface area contributed by atoms with Crippen molar-refractivity contribution in [3.63, 3.8) is 0 Å². The summed E-state index contributed by atoms with van der Waals surface area (Å²) in [5.41, 5.74) is 0. The fourth-order valence-corrected chi connectivity index (χ4v) is 2.19. The molecule has 0 aromatic carbocycles. The minimum Gasteiger partial charge on any atom is -0.378 e. The van der Waals surface area contributed by atoms with Crippen LogP contribution in [0.2, 0.25) is 0 Å². The molecule has 1 rings (SSSR count). The Morgan fingerprint density at radius 2 is 2.12 bits per heavy atom. The molecule has 1 fully saturated rings. The molecule has 1 aliphatic heterocycles. The first-order valence-electron chi connectivity index (χ1n) is 6.88. The van der Waals surface area contributed by atoms with E-state index in [4.69, 9.17) is 4.74 Å². The Kier molecular flexibility index (Phi) is 7.21. The van der Waals surface area contributed by atoms with Crippen LogP contribution in [0, 0.1) is 0 Å². The fourth-order valence-electron chi connectivity index (χ4n) is 2.19. The number of hydrogen-bond donors (Lipinski definition) is 1. The summed E-state index contributed by atoms with van der Waals surface area (Å²) in [7, 11) is 0. The van der Waals surface area contributed by atoms with Crippen molar-refractivity contribution in [2.75, 3.05) is 32.8 Å². The molecular formula is C13H26N2O2. The van der Waals surface area contributed by atoms with Gasteiger partial charge in [-0.3, -0.25) is 4.79 Å². The maximum Gasteiger partial charge on any atom is 0.223 e. The van der Waals surface area contributed by atoms with E-state index in [2.05, 4.69) is 5.32 Å². The first kappa shape index (κ1) is 14.5. The molecule has 1 aliphatic rings. The highest BCUT2D eigenvalue weighted by molar-refractivity contribution is 5.76. The molecule has 0 radical (unpaired) electrons. The number of rotatable bonds is 8. The van der Waals surface area contributed by atoms with E-state index in [-0.39, 0.29) is 5.91 Å². The van der Waals surface area contributed by atoms with Gasteiger partial charge in [-0.2, -0.15) is 0 Å². The highest BCUT2D eigenvalue weighted by Gasteiger charge is 2.14. The third-order valence-corrected chi connectivity index (χ3v) is 3.30. The Hall–Kier alpha value is -0.610. The molecule has 0 saturated carbocycles. The normalized spacial score (nSPS) is 19.5. The molecule has 1 amide bonds. The van der Waals surface area contributed by atoms with E-state index in [0.29, 0.717) is 12.5 Å². The Balaban J connectivity index is 1.97. The number of amides is 1. The molecule has 4 nitrogen and oxygen atoms in total. The Morgan fingerprint density at radius 1 is 1.35 bits per heavy atom. The molecule has 1 N–H and O–H groups in total. The van der Waals surface area contributed by atoms with Crippen LogP contribution in [0.1, 0.15) is 39.5 Å². The van der Waals surface area contributed by atoms with Crippen LogP contribution < -0.4 is 5.32 Å². The number of nitrogens with one attached hydrogen (secondary N) is 1. The molecule has 1 heterocycles. The summed E-state index contributed by atoms with van der Waals surface area (Å²) >= 11 is 0. The Bertz CT molecular complexity index is 211. The average Bonchev–Trinajstić information content (AvgIpc) is 2.83. The van der Waals surface area contributed by atoms with E-state index >= 15 is 0 Å². The van der Waals surface area contributed by atoms with Crippen molar-refractivity contribution in [3.05, 3.63) is 0 Å². The lowest BCUT2D eigenvalue weighted by Crippen LogP contribution is -2.33. The smallest absolute Gasteiger partial charge is 0.223 e. The maximum atomic E-state index is 11.7. The van der Waals surface area contributed by atoms with Gasteiger partial charge in [0.2, 0.25) is 5.91 Å². The van der Waals surface area contributed by atoms with Crippen LogP contribution in [0.3, 0.4) is 0 Å². The van der Waals surface area contributed by atoms with Gasteiger partial charge < -0.3 is 15.0 Å². The topological polar surface area (TPSA) is 41.6 Å². The Morgan fingerprint density at radius 3 is 2.71 bits per heavy atom. The van der Waals surface area contributed by atoms with Gasteiger partial charge in [0, 0.05) is 32.7 Å². The molecule has 1 saturated heterocycles. The maximum absolute atomic E-state index is 11.7. The summed E-state index contributed by atoms with van der Waals surface area (Å²) in [4.78, 5) is 13.6. The summed E-state index contributed by atoms with van der Waals surface area (Å²) in [5.74, 6) is 0.250. The van der Waals surface area contributed by atoms with Crippen molar-refractivity contribution in [2.24, 2.45) is 0 Å². The largest absolute Gasteiger partial charge is 0.378 e. The predicted octanol–water partition coefficient (Wildman–Crippen LogP) is 1.40. The third-order valence-electron chi connectivity index (χ3n) is 3.30. The van der Waals surface area contributed by atoms with Gasteiger partial charge in [0.15, 0.2) is 0 Å². The first-order valence-corrected chi connectivity index (χ1v) is 6.88. The monoisotopic (exact) mass is 242 g/mol. The lowest BCUT2D eigenvalue weighted by atomic mass is 10.2. The SMILES string of the molecule is CCN(CC)C(=O)CCNCCC1CCCO1. The van der Waals surface area contributed by atoms with E-state index < -0.39 is 0 Å². The van der Waals surface area contributed by atoms with Gasteiger partial charge in [0.05, 0.1) is 6.10 Å². The third kappa shape index (κ3) is 5.50. The molecule has 100 valence electrons. The minimum absolute atomic E-state index is 0.250. The summed E-state index contributed by atoms with van der Waals surface area (Å²) in [6.45, 7) is 8.32. The molecule has 0 aromatic rings. The van der Waals surface area contributed by atoms with Gasteiger partial charge >= 0.3 is 0 Å². The number of carbonyl (C=O) groups excluding carboxylic acids is 1. The van der Waals surface area contributed by atoms with Crippen molar-refractivity contribution in [1.29, 1.82) is 0 Å². The van der Waals surface area contributed by atoms with Crippen LogP contribution in [-0.2, 0) is 9.53 Å². The van der Waals surface area contributed by atoms with Crippen molar-refractivity contribution in [1.82, 2.24) is 10.2 Å². The zero-order chi connectivity index (χ0) is 12.5. The van der Waals surface area contributed by atoms with E-state index in [9.17, 15) is 4.79 Å². The van der Waals surface area contributed by atoms with Crippen molar-refractivity contribution in [2.45, 2.75) is 45.6 Å². The zero-order valence-electron chi connectivity index (χ0n) is 11.2. The van der Waals surface area contributed by atoms with Crippen molar-refractivity contribution < 1.29 is 9.53 Å². The van der Waals surface area contributed by atoms with Crippen LogP contribution >= 0.6 is 0 Å². The van der Waals surface area contributed by atoms with Crippen molar-refractivity contribution in [3.8, 4) is 0 Å². The molecule has 1 atom stereocenters. The second kappa shape index (κ2) is 8.48. The van der Waals surface area contributed by atoms with Gasteiger partial charge in [-0.25, -0.2) is 0 Å². The zero-order valence-corrected chi connectivity index (χ0v) is 11.2. The molecular weight excluding hydrogens is 216 g/mol. The molecule has 0 bridgehead atoms. The summed E-state index contributed by atoms with van der Waals surface area (Å²) in [5, 5.41) is 3.32. The van der Waals surface area contributed by atoms with Crippen LogP contribution in [0.4, 0.5) is 0 Å². The number of hydrogen-bond acceptors (Lipinski definition) is 3. The lowest BCUT2D eigenvalue weighted by molar-refractivity contribution is -0.130. The van der Waals surface area contributed by atoms with Crippen LogP contribution in [0.15, 0.2) is 0 Å². The highest BCUT2D eigenvalue weighted by atomic mass is 16.5. The predicted molar refractivity (Wildman–Crippen MR) is 69.0 cm³/mol. The number of ether oxygens (including phenoxy) is 1. The summed E-state index contributed by atoms with van der Waals surface area (Å²) in [6, 6.07) is 0. The summed E-state index contributed by atoms with van der Waals surface area (Å²) < 4.78 is 5.54. The van der Waals surface area contributed by atoms with Gasteiger partial charge in [-0.15, -0.1) is 0 Å². The van der Waals surface area contributed by atoms with Crippen LogP contribution in [-0.4, -0.2) is 49.7 Å². The van der Waals surface area contributed by atoms with Crippen LogP contribution in [0.5, 0.6) is 0 Å². The second-order valence-corrected chi connectivity index (χ2v) is 4.49. The minimum atomic E-state index is 0.250. The van der Waals surface area contributed by atoms with E-state index in [1.165, 1.54) is 12.8 Å². The molecule has 0 aromatic heterocycles. The van der Waals surface area contributed by atoms with E-state index in [1.54, 1.807) is 0 Å². The van der Waals surface area contributed by atoms with Crippen molar-refractivity contribution >= 4 is 5.91 Å². The standard InChI is InChI=1S/C13H26N2O2/c1-3-15(4-2)13(16)8-10-14-9-7-12-6-5-11-17-12/h12,14H,3-11H2,1-2H3. The molecule has 0 aliphatic carbocycles. The van der Waals surface area contributed by atoms with Gasteiger partial charge in [0.1, 0.15) is 0 Å². The summed E-state index contributed by atoms with van der Waals surface area (Å²) in [6.07, 6.45) is 4.51. The first-order chi connectivity index (χ1) is 8.27. The molecule has 0 spiro atoms. The fraction of sp³-hybridized carbons (Fsp3) is 0.923. The van der Waals surface area contributed by atoms with Gasteiger partial charge in [-0.05, 0) is 39.7 Å². The van der Waals surface area contributed by atoms with Gasteiger partial charge in [-0.1, -0.05) is 0 Å². The molecule has 1 unspecified atom stereocenters. The Labute approximate surface area is 105 Å². The molecule has 4 heteroatoms. The lowest BCUT2D eigenvalue weighted by Gasteiger charge is -2.18.